The summed E-state index contributed by atoms with van der Waals surface area (Å²) in [4.78, 5) is 29.0. The summed E-state index contributed by atoms with van der Waals surface area (Å²) in [5, 5.41) is 0. The number of ketones is 1. The molecule has 0 saturated carbocycles. The van der Waals surface area contributed by atoms with Crippen LogP contribution in [-0.2, 0) is 16.0 Å². The Kier molecular flexibility index (Phi) is 10.3. The predicted octanol–water partition coefficient (Wildman–Crippen LogP) is 6.57. The number of aromatic nitrogens is 1. The van der Waals surface area contributed by atoms with E-state index in [0.717, 1.165) is 36.9 Å². The van der Waals surface area contributed by atoms with Crippen molar-refractivity contribution in [3.63, 3.8) is 0 Å². The number of benzene rings is 1. The largest absolute Gasteiger partial charge is 0.451 e. The Bertz CT molecular complexity index is 781. The number of pyridine rings is 1. The average Bonchev–Trinajstić information content (AvgIpc) is 2.77. The minimum absolute atomic E-state index is 0.0209. The Morgan fingerprint density at radius 2 is 1.60 bits per heavy atom. The van der Waals surface area contributed by atoms with E-state index >= 15 is 0 Å². The summed E-state index contributed by atoms with van der Waals surface area (Å²) in [6.07, 6.45) is 10.7. The van der Waals surface area contributed by atoms with Gasteiger partial charge in [0, 0.05) is 18.2 Å². The number of ether oxygens (including phenoxy) is 1. The van der Waals surface area contributed by atoms with Gasteiger partial charge >= 0.3 is 5.97 Å². The number of carbonyl (C=O) groups excluding carboxylic acids is 2. The number of rotatable bonds is 13. The van der Waals surface area contributed by atoms with E-state index in [1.807, 2.05) is 24.4 Å². The molecule has 2 rings (SSSR count). The Labute approximate surface area is 181 Å². The molecule has 1 heterocycles. The van der Waals surface area contributed by atoms with Gasteiger partial charge in [0.05, 0.1) is 11.3 Å². The molecule has 1 unspecified atom stereocenters. The molecule has 0 aliphatic heterocycles. The van der Waals surface area contributed by atoms with Crippen molar-refractivity contribution in [2.45, 2.75) is 84.7 Å². The summed E-state index contributed by atoms with van der Waals surface area (Å²) >= 11 is 0. The average molecular weight is 410 g/mol. The van der Waals surface area contributed by atoms with Crippen LogP contribution in [-0.4, -0.2) is 22.8 Å². The molecule has 1 aromatic heterocycles. The van der Waals surface area contributed by atoms with Crippen LogP contribution in [0.15, 0.2) is 42.6 Å². The second-order valence-corrected chi connectivity index (χ2v) is 7.91. The van der Waals surface area contributed by atoms with Gasteiger partial charge in [0.1, 0.15) is 0 Å². The number of nitrogens with zero attached hydrogens (tertiary/aromatic N) is 1. The third kappa shape index (κ3) is 7.74. The van der Waals surface area contributed by atoms with E-state index in [-0.39, 0.29) is 5.78 Å². The first-order chi connectivity index (χ1) is 14.5. The van der Waals surface area contributed by atoms with Crippen LogP contribution in [0.5, 0.6) is 0 Å². The van der Waals surface area contributed by atoms with Crippen LogP contribution in [0.3, 0.4) is 0 Å². The second kappa shape index (κ2) is 12.9. The van der Waals surface area contributed by atoms with Gasteiger partial charge in [-0.25, -0.2) is 4.79 Å². The lowest BCUT2D eigenvalue weighted by Gasteiger charge is -2.12. The van der Waals surface area contributed by atoms with E-state index in [9.17, 15) is 9.59 Å². The lowest BCUT2D eigenvalue weighted by atomic mass is 10.1. The molecule has 0 N–H and O–H groups in total. The highest BCUT2D eigenvalue weighted by molar-refractivity contribution is 5.93. The minimum Gasteiger partial charge on any atom is -0.451 e. The summed E-state index contributed by atoms with van der Waals surface area (Å²) in [5.41, 5.74) is 3.53. The number of hydrogen-bond acceptors (Lipinski definition) is 4. The van der Waals surface area contributed by atoms with E-state index in [2.05, 4.69) is 24.9 Å². The summed E-state index contributed by atoms with van der Waals surface area (Å²) in [6.45, 7) is 5.96. The van der Waals surface area contributed by atoms with Crippen LogP contribution in [0.4, 0.5) is 0 Å². The van der Waals surface area contributed by atoms with Gasteiger partial charge in [0.2, 0.25) is 0 Å². The second-order valence-electron chi connectivity index (χ2n) is 7.91. The maximum atomic E-state index is 12.3. The zero-order valence-corrected chi connectivity index (χ0v) is 18.7. The van der Waals surface area contributed by atoms with Crippen molar-refractivity contribution in [3.8, 4) is 11.3 Å². The number of carbonyl (C=O) groups is 2. The maximum absolute atomic E-state index is 12.3. The summed E-state index contributed by atoms with van der Waals surface area (Å²) in [7, 11) is 0. The molecule has 0 bridgehead atoms. The van der Waals surface area contributed by atoms with Crippen molar-refractivity contribution < 1.29 is 14.3 Å². The van der Waals surface area contributed by atoms with Crippen LogP contribution >= 0.6 is 0 Å². The number of esters is 1. The third-order valence-electron chi connectivity index (χ3n) is 5.32. The highest BCUT2D eigenvalue weighted by Gasteiger charge is 2.18. The van der Waals surface area contributed by atoms with Crippen LogP contribution in [0.25, 0.3) is 11.3 Å². The van der Waals surface area contributed by atoms with Crippen molar-refractivity contribution in [2.24, 2.45) is 0 Å². The third-order valence-corrected chi connectivity index (χ3v) is 5.32. The van der Waals surface area contributed by atoms with Gasteiger partial charge in [-0.15, -0.1) is 0 Å². The van der Waals surface area contributed by atoms with Crippen LogP contribution < -0.4 is 0 Å². The molecule has 0 radical (unpaired) electrons. The lowest BCUT2D eigenvalue weighted by molar-refractivity contribution is -0.127. The molecule has 1 atom stereocenters. The van der Waals surface area contributed by atoms with Gasteiger partial charge in [-0.05, 0) is 49.9 Å². The molecule has 0 fully saturated rings. The Morgan fingerprint density at radius 1 is 0.900 bits per heavy atom. The van der Waals surface area contributed by atoms with Crippen LogP contribution in [0.1, 0.15) is 88.1 Å². The molecule has 4 nitrogen and oxygen atoms in total. The zero-order valence-electron chi connectivity index (χ0n) is 18.7. The summed E-state index contributed by atoms with van der Waals surface area (Å²) < 4.78 is 5.34. The Hall–Kier alpha value is -2.49. The number of unbranched alkanes of at least 4 members (excludes halogenated alkanes) is 5. The standard InChI is InChI=1S/C26H35NO3/c1-4-6-8-10-11-21-13-18-24(27-19-21)22-14-16-23(17-15-22)26(29)30-20(3)25(28)12-9-7-5-2/h13-20H,4-12H2,1-3H3. The van der Waals surface area contributed by atoms with Crippen molar-refractivity contribution in [1.29, 1.82) is 0 Å². The van der Waals surface area contributed by atoms with Gasteiger partial charge < -0.3 is 4.74 Å². The van der Waals surface area contributed by atoms with Gasteiger partial charge in [0.25, 0.3) is 0 Å². The topological polar surface area (TPSA) is 56.3 Å². The highest BCUT2D eigenvalue weighted by Crippen LogP contribution is 2.19. The van der Waals surface area contributed by atoms with Crippen molar-refractivity contribution in [3.05, 3.63) is 53.7 Å². The zero-order chi connectivity index (χ0) is 21.8. The smallest absolute Gasteiger partial charge is 0.338 e. The fourth-order valence-corrected chi connectivity index (χ4v) is 3.32. The predicted molar refractivity (Wildman–Crippen MR) is 122 cm³/mol. The molecule has 0 aliphatic rings. The van der Waals surface area contributed by atoms with Crippen molar-refractivity contribution >= 4 is 11.8 Å². The highest BCUT2D eigenvalue weighted by atomic mass is 16.5. The molecule has 0 spiro atoms. The van der Waals surface area contributed by atoms with Gasteiger partial charge in [0.15, 0.2) is 11.9 Å². The van der Waals surface area contributed by atoms with Crippen molar-refractivity contribution in [2.75, 3.05) is 0 Å². The molecule has 30 heavy (non-hydrogen) atoms. The van der Waals surface area contributed by atoms with E-state index in [1.165, 1.54) is 31.2 Å². The monoisotopic (exact) mass is 409 g/mol. The first-order valence-corrected chi connectivity index (χ1v) is 11.3. The molecule has 0 saturated heterocycles. The molecule has 4 heteroatoms. The Balaban J connectivity index is 1.89. The molecule has 1 aromatic carbocycles. The van der Waals surface area contributed by atoms with Gasteiger partial charge in [-0.1, -0.05) is 64.2 Å². The summed E-state index contributed by atoms with van der Waals surface area (Å²) in [5.74, 6) is -0.485. The fraction of sp³-hybridized carbons (Fsp3) is 0.500. The minimum atomic E-state index is -0.708. The van der Waals surface area contributed by atoms with E-state index in [0.29, 0.717) is 12.0 Å². The lowest BCUT2D eigenvalue weighted by Crippen LogP contribution is -2.24. The molecule has 0 aliphatic carbocycles. The molecular formula is C26H35NO3. The number of aryl methyl sites for hydroxylation is 1. The summed E-state index contributed by atoms with van der Waals surface area (Å²) in [6, 6.07) is 11.3. The number of hydrogen-bond donors (Lipinski definition) is 0. The van der Waals surface area contributed by atoms with Gasteiger partial charge in [-0.3, -0.25) is 9.78 Å². The van der Waals surface area contributed by atoms with E-state index in [1.54, 1.807) is 19.1 Å². The van der Waals surface area contributed by atoms with Crippen molar-refractivity contribution in [1.82, 2.24) is 4.98 Å². The molecule has 162 valence electrons. The number of Topliss-reactive ketones (excluding diaryl/α,β-unsaturated/α-hetero) is 1. The Morgan fingerprint density at radius 3 is 2.23 bits per heavy atom. The normalized spacial score (nSPS) is 11.8. The molecular weight excluding hydrogens is 374 g/mol. The van der Waals surface area contributed by atoms with E-state index in [4.69, 9.17) is 4.74 Å². The van der Waals surface area contributed by atoms with E-state index < -0.39 is 12.1 Å². The quantitative estimate of drug-likeness (QED) is 0.277. The van der Waals surface area contributed by atoms with Gasteiger partial charge in [-0.2, -0.15) is 0 Å². The van der Waals surface area contributed by atoms with Crippen LogP contribution in [0.2, 0.25) is 0 Å². The maximum Gasteiger partial charge on any atom is 0.338 e. The first kappa shape index (κ1) is 23.8. The first-order valence-electron chi connectivity index (χ1n) is 11.3. The molecule has 2 aromatic rings. The van der Waals surface area contributed by atoms with Crippen LogP contribution in [0, 0.1) is 0 Å². The SMILES string of the molecule is CCCCCCc1ccc(-c2ccc(C(=O)OC(C)C(=O)CCCCC)cc2)nc1. The fourth-order valence-electron chi connectivity index (χ4n) is 3.32. The molecule has 0 amide bonds.